The number of aryl methyl sites for hydroxylation is 2. The summed E-state index contributed by atoms with van der Waals surface area (Å²) in [6.45, 7) is 1.78. The van der Waals surface area contributed by atoms with E-state index in [4.69, 9.17) is 4.98 Å². The van der Waals surface area contributed by atoms with Crippen LogP contribution in [0.1, 0.15) is 35.8 Å². The molecule has 1 aliphatic rings. The first-order chi connectivity index (χ1) is 17.0. The molecule has 0 atom stereocenters. The van der Waals surface area contributed by atoms with E-state index in [1.165, 1.54) is 16.6 Å². The van der Waals surface area contributed by atoms with E-state index in [1.807, 2.05) is 30.3 Å². The Morgan fingerprint density at radius 1 is 1.14 bits per heavy atom. The first-order valence-electron chi connectivity index (χ1n) is 11.4. The number of nitrogens with one attached hydrogen (secondary N) is 1. The molecule has 2 aromatic heterocycles. The highest BCUT2D eigenvalue weighted by molar-refractivity contribution is 7.99. The number of hydrogen-bond donors (Lipinski definition) is 2. The van der Waals surface area contributed by atoms with Crippen molar-refractivity contribution in [3.05, 3.63) is 81.0 Å². The summed E-state index contributed by atoms with van der Waals surface area (Å²) in [6, 6.07) is 16.0. The number of carbonyl (C=O) groups is 1. The summed E-state index contributed by atoms with van der Waals surface area (Å²) < 4.78 is 1.62. The van der Waals surface area contributed by atoms with Gasteiger partial charge < -0.3 is 5.11 Å². The number of thioether (sulfide) groups is 1. The number of benzene rings is 2. The quantitative estimate of drug-likeness (QED) is 0.172. The van der Waals surface area contributed by atoms with Gasteiger partial charge in [-0.05, 0) is 80.1 Å². The summed E-state index contributed by atoms with van der Waals surface area (Å²) >= 11 is 2.82. The fourth-order valence-corrected chi connectivity index (χ4v) is 6.27. The minimum Gasteiger partial charge on any atom is -0.508 e. The second-order valence-corrected chi connectivity index (χ2v) is 10.4. The number of rotatable bonds is 6. The highest BCUT2D eigenvalue weighted by atomic mass is 32.2. The SMILES string of the molecule is C/C(=N\NC(=O)CSc1nc2sc3c(c2c(=O)n1-c1ccccc1)CCCC3)c1ccc(O)cc1. The molecule has 0 unspecified atom stereocenters. The predicted octanol–water partition coefficient (Wildman–Crippen LogP) is 4.66. The van der Waals surface area contributed by atoms with Gasteiger partial charge in [0.2, 0.25) is 0 Å². The molecule has 0 saturated heterocycles. The molecule has 178 valence electrons. The second kappa shape index (κ2) is 10.1. The summed E-state index contributed by atoms with van der Waals surface area (Å²) in [7, 11) is 0. The van der Waals surface area contributed by atoms with Crippen molar-refractivity contribution >= 4 is 44.9 Å². The molecule has 0 saturated carbocycles. The molecule has 0 aliphatic heterocycles. The van der Waals surface area contributed by atoms with Crippen LogP contribution in [0.5, 0.6) is 5.75 Å². The maximum absolute atomic E-state index is 13.7. The Hall–Kier alpha value is -3.43. The van der Waals surface area contributed by atoms with Crippen molar-refractivity contribution in [2.75, 3.05) is 5.75 Å². The molecule has 2 aromatic carbocycles. The number of carbonyl (C=O) groups excluding carboxylic acids is 1. The number of hydrazone groups is 1. The Balaban J connectivity index is 1.42. The summed E-state index contributed by atoms with van der Waals surface area (Å²) in [5.74, 6) is -0.0718. The van der Waals surface area contributed by atoms with E-state index >= 15 is 0 Å². The van der Waals surface area contributed by atoms with Crippen LogP contribution in [0, 0.1) is 0 Å². The average molecular weight is 505 g/mol. The minimum atomic E-state index is -0.299. The molecule has 9 heteroatoms. The van der Waals surface area contributed by atoms with E-state index in [9.17, 15) is 14.7 Å². The largest absolute Gasteiger partial charge is 0.508 e. The van der Waals surface area contributed by atoms with Gasteiger partial charge in [-0.3, -0.25) is 14.2 Å². The number of para-hydroxylation sites is 1. The summed E-state index contributed by atoms with van der Waals surface area (Å²) in [5, 5.41) is 14.8. The van der Waals surface area contributed by atoms with Crippen molar-refractivity contribution in [3.63, 3.8) is 0 Å². The van der Waals surface area contributed by atoms with Gasteiger partial charge in [0.25, 0.3) is 11.5 Å². The number of fused-ring (bicyclic) bond motifs is 3. The predicted molar refractivity (Wildman–Crippen MR) is 141 cm³/mol. The second-order valence-electron chi connectivity index (χ2n) is 8.33. The van der Waals surface area contributed by atoms with E-state index in [1.54, 1.807) is 47.1 Å². The Kier molecular flexibility index (Phi) is 6.70. The molecule has 35 heavy (non-hydrogen) atoms. The third kappa shape index (κ3) is 4.87. The van der Waals surface area contributed by atoms with Gasteiger partial charge in [-0.25, -0.2) is 10.4 Å². The Bertz CT molecular complexity index is 1470. The van der Waals surface area contributed by atoms with Gasteiger partial charge in [-0.15, -0.1) is 11.3 Å². The van der Waals surface area contributed by atoms with Crippen LogP contribution in [-0.4, -0.2) is 32.0 Å². The van der Waals surface area contributed by atoms with Gasteiger partial charge in [0.1, 0.15) is 10.6 Å². The van der Waals surface area contributed by atoms with Crippen LogP contribution in [0.4, 0.5) is 0 Å². The standard InChI is InChI=1S/C26H24N4O3S2/c1-16(17-11-13-19(31)14-12-17)28-29-22(32)15-34-26-27-24-23(20-9-5-6-10-21(20)35-24)25(33)30(26)18-7-3-2-4-8-18/h2-4,7-8,11-14,31H,5-6,9-10,15H2,1H3,(H,29,32)/b28-16+. The third-order valence-electron chi connectivity index (χ3n) is 5.94. The Morgan fingerprint density at radius 2 is 1.89 bits per heavy atom. The molecule has 1 aliphatic carbocycles. The zero-order chi connectivity index (χ0) is 24.4. The minimum absolute atomic E-state index is 0.0578. The number of phenols is 1. The number of phenolic OH excluding ortho intramolecular Hbond substituents is 1. The molecule has 7 nitrogen and oxygen atoms in total. The van der Waals surface area contributed by atoms with Crippen LogP contribution < -0.4 is 11.0 Å². The zero-order valence-electron chi connectivity index (χ0n) is 19.2. The first-order valence-corrected chi connectivity index (χ1v) is 13.2. The summed E-state index contributed by atoms with van der Waals surface area (Å²) in [5.41, 5.74) is 5.78. The number of hydrogen-bond acceptors (Lipinski definition) is 7. The maximum atomic E-state index is 13.7. The average Bonchev–Trinajstić information content (AvgIpc) is 3.25. The molecule has 0 fully saturated rings. The van der Waals surface area contributed by atoms with Crippen LogP contribution in [0.15, 0.2) is 69.6 Å². The molecular formula is C26H24N4O3S2. The van der Waals surface area contributed by atoms with Gasteiger partial charge in [0, 0.05) is 4.88 Å². The summed E-state index contributed by atoms with van der Waals surface area (Å²) in [6.07, 6.45) is 4.13. The monoisotopic (exact) mass is 504 g/mol. The number of thiophene rings is 1. The Labute approximate surface area is 210 Å². The highest BCUT2D eigenvalue weighted by Gasteiger charge is 2.23. The normalized spacial score (nSPS) is 13.6. The van der Waals surface area contributed by atoms with E-state index in [-0.39, 0.29) is 23.0 Å². The van der Waals surface area contributed by atoms with Gasteiger partial charge in [0.15, 0.2) is 5.16 Å². The lowest BCUT2D eigenvalue weighted by atomic mass is 9.97. The maximum Gasteiger partial charge on any atom is 0.267 e. The first kappa shape index (κ1) is 23.3. The van der Waals surface area contributed by atoms with Crippen molar-refractivity contribution in [2.45, 2.75) is 37.8 Å². The smallest absolute Gasteiger partial charge is 0.267 e. The van der Waals surface area contributed by atoms with Crippen LogP contribution in [0.2, 0.25) is 0 Å². The lowest BCUT2D eigenvalue weighted by Crippen LogP contribution is -2.24. The molecule has 0 radical (unpaired) electrons. The van der Waals surface area contributed by atoms with Gasteiger partial charge in [-0.2, -0.15) is 5.10 Å². The van der Waals surface area contributed by atoms with E-state index in [0.29, 0.717) is 10.9 Å². The van der Waals surface area contributed by atoms with Gasteiger partial charge in [-0.1, -0.05) is 30.0 Å². The van der Waals surface area contributed by atoms with Crippen LogP contribution in [0.3, 0.4) is 0 Å². The van der Waals surface area contributed by atoms with Crippen molar-refractivity contribution in [2.24, 2.45) is 5.10 Å². The van der Waals surface area contributed by atoms with Crippen molar-refractivity contribution < 1.29 is 9.90 Å². The molecule has 5 rings (SSSR count). The fourth-order valence-electron chi connectivity index (χ4n) is 4.16. The highest BCUT2D eigenvalue weighted by Crippen LogP contribution is 2.35. The molecule has 0 bridgehead atoms. The van der Waals surface area contributed by atoms with Crippen molar-refractivity contribution in [1.29, 1.82) is 0 Å². The lowest BCUT2D eigenvalue weighted by Gasteiger charge is -2.13. The fraction of sp³-hybridized carbons (Fsp3) is 0.231. The van der Waals surface area contributed by atoms with Crippen LogP contribution >= 0.6 is 23.1 Å². The number of aromatic nitrogens is 2. The molecule has 2 N–H and O–H groups in total. The van der Waals surface area contributed by atoms with Crippen LogP contribution in [-0.2, 0) is 17.6 Å². The van der Waals surface area contributed by atoms with Gasteiger partial charge >= 0.3 is 0 Å². The zero-order valence-corrected chi connectivity index (χ0v) is 20.8. The third-order valence-corrected chi connectivity index (χ3v) is 8.06. The number of nitrogens with zero attached hydrogens (tertiary/aromatic N) is 3. The molecular weight excluding hydrogens is 480 g/mol. The van der Waals surface area contributed by atoms with E-state index in [0.717, 1.165) is 52.7 Å². The Morgan fingerprint density at radius 3 is 2.66 bits per heavy atom. The number of aromatic hydroxyl groups is 1. The topological polar surface area (TPSA) is 96.6 Å². The lowest BCUT2D eigenvalue weighted by molar-refractivity contribution is -0.118. The number of amides is 1. The molecule has 4 aromatic rings. The van der Waals surface area contributed by atoms with Gasteiger partial charge in [0.05, 0.1) is 22.5 Å². The van der Waals surface area contributed by atoms with Crippen molar-refractivity contribution in [1.82, 2.24) is 15.0 Å². The van der Waals surface area contributed by atoms with Crippen molar-refractivity contribution in [3.8, 4) is 11.4 Å². The van der Waals surface area contributed by atoms with E-state index < -0.39 is 0 Å². The van der Waals surface area contributed by atoms with E-state index in [2.05, 4.69) is 10.5 Å². The summed E-state index contributed by atoms with van der Waals surface area (Å²) in [4.78, 5) is 33.1. The molecule has 2 heterocycles. The molecule has 1 amide bonds. The molecule has 0 spiro atoms. The van der Waals surface area contributed by atoms with Crippen LogP contribution in [0.25, 0.3) is 15.9 Å².